The van der Waals surface area contributed by atoms with Crippen LogP contribution in [0, 0.1) is 5.82 Å². The third kappa shape index (κ3) is 4.49. The Morgan fingerprint density at radius 3 is 2.61 bits per heavy atom. The topological polar surface area (TPSA) is 85.8 Å². The number of anilines is 2. The minimum atomic E-state index is -1.07. The van der Waals surface area contributed by atoms with Crippen LogP contribution in [0.25, 0.3) is 10.9 Å². The molecule has 2 N–H and O–H groups in total. The second-order valence-electron chi connectivity index (χ2n) is 7.64. The third-order valence-corrected chi connectivity index (χ3v) is 5.45. The first-order chi connectivity index (χ1) is 14.9. The largest absolute Gasteiger partial charge is 0.478 e. The Morgan fingerprint density at radius 1 is 1.03 bits per heavy atom. The summed E-state index contributed by atoms with van der Waals surface area (Å²) in [6, 6.07) is 12.1. The van der Waals surface area contributed by atoms with Crippen molar-refractivity contribution >= 4 is 34.3 Å². The number of carboxylic acids is 1. The van der Waals surface area contributed by atoms with Crippen LogP contribution in [-0.4, -0.2) is 60.1 Å². The van der Waals surface area contributed by atoms with Crippen LogP contribution in [0.3, 0.4) is 0 Å². The summed E-state index contributed by atoms with van der Waals surface area (Å²) in [6.07, 6.45) is 0.972. The third-order valence-electron chi connectivity index (χ3n) is 5.45. The van der Waals surface area contributed by atoms with Gasteiger partial charge in [-0.05, 0) is 56.4 Å². The van der Waals surface area contributed by atoms with E-state index in [-0.39, 0.29) is 11.1 Å². The van der Waals surface area contributed by atoms with Crippen molar-refractivity contribution in [1.82, 2.24) is 9.88 Å². The van der Waals surface area contributed by atoms with E-state index in [0.717, 1.165) is 32.6 Å². The van der Waals surface area contributed by atoms with E-state index >= 15 is 0 Å². The summed E-state index contributed by atoms with van der Waals surface area (Å²) in [4.78, 5) is 33.4. The van der Waals surface area contributed by atoms with Crippen LogP contribution in [0.4, 0.5) is 15.9 Å². The number of nitrogens with one attached hydrogen (secondary N) is 1. The van der Waals surface area contributed by atoms with Gasteiger partial charge in [0.2, 0.25) is 0 Å². The van der Waals surface area contributed by atoms with Crippen molar-refractivity contribution in [1.29, 1.82) is 0 Å². The van der Waals surface area contributed by atoms with Gasteiger partial charge in [0, 0.05) is 30.7 Å². The summed E-state index contributed by atoms with van der Waals surface area (Å²) in [5.41, 5.74) is 0.922. The fraction of sp³-hybridized carbons (Fsp3) is 0.261. The zero-order valence-corrected chi connectivity index (χ0v) is 17.1. The van der Waals surface area contributed by atoms with E-state index in [4.69, 9.17) is 0 Å². The molecule has 1 aliphatic heterocycles. The van der Waals surface area contributed by atoms with Crippen molar-refractivity contribution < 1.29 is 19.1 Å². The van der Waals surface area contributed by atoms with Gasteiger partial charge in [0.1, 0.15) is 11.6 Å². The molecule has 2 aromatic carbocycles. The minimum absolute atomic E-state index is 0.0827. The number of halogens is 1. The van der Waals surface area contributed by atoms with Crippen LogP contribution in [0.5, 0.6) is 0 Å². The molecule has 0 radical (unpaired) electrons. The number of carboxylic acid groups (broad SMARTS) is 1. The Bertz CT molecular complexity index is 1150. The highest BCUT2D eigenvalue weighted by Gasteiger charge is 2.19. The molecule has 0 unspecified atom stereocenters. The number of pyridine rings is 1. The van der Waals surface area contributed by atoms with Crippen LogP contribution in [-0.2, 0) is 0 Å². The molecule has 1 amide bonds. The van der Waals surface area contributed by atoms with Crippen molar-refractivity contribution in [3.8, 4) is 0 Å². The molecule has 0 atom stereocenters. The van der Waals surface area contributed by atoms with Crippen LogP contribution in [0.1, 0.15) is 27.1 Å². The van der Waals surface area contributed by atoms with Gasteiger partial charge >= 0.3 is 5.97 Å². The number of benzene rings is 2. The van der Waals surface area contributed by atoms with Crippen molar-refractivity contribution in [2.45, 2.75) is 6.42 Å². The number of nitrogens with zero attached hydrogens (tertiary/aromatic N) is 3. The van der Waals surface area contributed by atoms with E-state index in [1.165, 1.54) is 18.2 Å². The SMILES string of the molecule is CN1CCCN(c2cc(C(=O)O)c3cc(NC(=O)c4ccccc4F)ccc3n2)CC1. The lowest BCUT2D eigenvalue weighted by Gasteiger charge is -2.22. The first-order valence-corrected chi connectivity index (χ1v) is 10.1. The number of fused-ring (bicyclic) bond motifs is 1. The van der Waals surface area contributed by atoms with Crippen LogP contribution in [0.15, 0.2) is 48.5 Å². The Kier molecular flexibility index (Phi) is 5.81. The maximum Gasteiger partial charge on any atom is 0.336 e. The van der Waals surface area contributed by atoms with E-state index in [2.05, 4.69) is 27.1 Å². The summed E-state index contributed by atoms with van der Waals surface area (Å²) >= 11 is 0. The normalized spacial score (nSPS) is 15.0. The summed E-state index contributed by atoms with van der Waals surface area (Å²) in [6.45, 7) is 3.44. The van der Waals surface area contributed by atoms with Gasteiger partial charge in [0.25, 0.3) is 5.91 Å². The maximum absolute atomic E-state index is 13.9. The zero-order chi connectivity index (χ0) is 22.0. The van der Waals surface area contributed by atoms with Gasteiger partial charge in [-0.25, -0.2) is 14.2 Å². The van der Waals surface area contributed by atoms with Gasteiger partial charge < -0.3 is 20.2 Å². The summed E-state index contributed by atoms with van der Waals surface area (Å²) in [7, 11) is 2.07. The lowest BCUT2D eigenvalue weighted by molar-refractivity contribution is 0.0698. The Hall–Kier alpha value is -3.52. The van der Waals surface area contributed by atoms with E-state index in [9.17, 15) is 19.1 Å². The molecule has 160 valence electrons. The number of aromatic nitrogens is 1. The van der Waals surface area contributed by atoms with Crippen molar-refractivity contribution in [3.05, 3.63) is 65.5 Å². The van der Waals surface area contributed by atoms with Crippen molar-refractivity contribution in [2.75, 3.05) is 43.4 Å². The second-order valence-corrected chi connectivity index (χ2v) is 7.64. The average molecular weight is 422 g/mol. The summed E-state index contributed by atoms with van der Waals surface area (Å²) in [5.74, 6) is -1.67. The van der Waals surface area contributed by atoms with Gasteiger partial charge in [0.15, 0.2) is 0 Å². The first-order valence-electron chi connectivity index (χ1n) is 10.1. The molecule has 1 aromatic heterocycles. The quantitative estimate of drug-likeness (QED) is 0.670. The van der Waals surface area contributed by atoms with E-state index in [1.54, 1.807) is 30.3 Å². The maximum atomic E-state index is 13.9. The minimum Gasteiger partial charge on any atom is -0.478 e. The molecule has 3 aromatic rings. The number of aromatic carboxylic acids is 1. The molecule has 0 aliphatic carbocycles. The summed E-state index contributed by atoms with van der Waals surface area (Å²) in [5, 5.41) is 12.8. The van der Waals surface area contributed by atoms with Gasteiger partial charge in [-0.15, -0.1) is 0 Å². The average Bonchev–Trinajstić information content (AvgIpc) is 2.97. The molecule has 1 fully saturated rings. The number of carbonyl (C=O) groups excluding carboxylic acids is 1. The number of carbonyl (C=O) groups is 2. The molecule has 31 heavy (non-hydrogen) atoms. The fourth-order valence-corrected chi connectivity index (χ4v) is 3.75. The molecule has 1 saturated heterocycles. The Labute approximate surface area is 179 Å². The first kappa shape index (κ1) is 20.7. The molecule has 0 bridgehead atoms. The van der Waals surface area contributed by atoms with Crippen molar-refractivity contribution in [2.24, 2.45) is 0 Å². The molecule has 0 spiro atoms. The lowest BCUT2D eigenvalue weighted by atomic mass is 10.1. The number of hydrogen-bond donors (Lipinski definition) is 2. The molecule has 2 heterocycles. The predicted molar refractivity (Wildman–Crippen MR) is 117 cm³/mol. The van der Waals surface area contributed by atoms with Gasteiger partial charge in [0.05, 0.1) is 16.6 Å². The summed E-state index contributed by atoms with van der Waals surface area (Å²) < 4.78 is 13.9. The van der Waals surface area contributed by atoms with E-state index in [0.29, 0.717) is 22.4 Å². The van der Waals surface area contributed by atoms with E-state index < -0.39 is 17.7 Å². The molecule has 4 rings (SSSR count). The lowest BCUT2D eigenvalue weighted by Crippen LogP contribution is -2.29. The van der Waals surface area contributed by atoms with Gasteiger partial charge in [-0.2, -0.15) is 0 Å². The molecule has 0 saturated carbocycles. The highest BCUT2D eigenvalue weighted by molar-refractivity contribution is 6.08. The number of likely N-dealkylation sites (N-methyl/N-ethyl adjacent to an activating group) is 1. The number of rotatable bonds is 4. The number of hydrogen-bond acceptors (Lipinski definition) is 5. The fourth-order valence-electron chi connectivity index (χ4n) is 3.75. The molecule has 8 heteroatoms. The smallest absolute Gasteiger partial charge is 0.336 e. The molecule has 1 aliphatic rings. The van der Waals surface area contributed by atoms with E-state index in [1.807, 2.05) is 0 Å². The zero-order valence-electron chi connectivity index (χ0n) is 17.1. The monoisotopic (exact) mass is 422 g/mol. The van der Waals surface area contributed by atoms with Crippen LogP contribution < -0.4 is 10.2 Å². The van der Waals surface area contributed by atoms with Gasteiger partial charge in [-0.3, -0.25) is 4.79 Å². The Morgan fingerprint density at radius 2 is 1.84 bits per heavy atom. The highest BCUT2D eigenvalue weighted by atomic mass is 19.1. The second kappa shape index (κ2) is 8.69. The molecular formula is C23H23FN4O3. The highest BCUT2D eigenvalue weighted by Crippen LogP contribution is 2.27. The molecule has 7 nitrogen and oxygen atoms in total. The van der Waals surface area contributed by atoms with Crippen molar-refractivity contribution in [3.63, 3.8) is 0 Å². The predicted octanol–water partition coefficient (Wildman–Crippen LogP) is 3.47. The van der Waals surface area contributed by atoms with Crippen LogP contribution >= 0.6 is 0 Å². The molecular weight excluding hydrogens is 399 g/mol. The van der Waals surface area contributed by atoms with Gasteiger partial charge in [-0.1, -0.05) is 12.1 Å². The Balaban J connectivity index is 1.67. The number of amides is 1. The standard InChI is InChI=1S/C23H23FN4O3/c1-27-9-4-10-28(12-11-27)21-14-18(23(30)31)17-13-15(7-8-20(17)26-21)25-22(29)16-5-2-3-6-19(16)24/h2-3,5-8,13-14H,4,9-12H2,1H3,(H,25,29)(H,30,31). The van der Waals surface area contributed by atoms with Crippen LogP contribution in [0.2, 0.25) is 0 Å².